The highest BCUT2D eigenvalue weighted by Gasteiger charge is 2.27. The number of rotatable bonds is 6. The van der Waals surface area contributed by atoms with E-state index in [1.54, 1.807) is 0 Å². The highest BCUT2D eigenvalue weighted by atomic mass is 16.5. The van der Waals surface area contributed by atoms with Crippen LogP contribution >= 0.6 is 0 Å². The predicted octanol–water partition coefficient (Wildman–Crippen LogP) is 2.77. The lowest BCUT2D eigenvalue weighted by molar-refractivity contribution is 0.0134. The monoisotopic (exact) mass is 276 g/mol. The molecule has 0 spiro atoms. The Morgan fingerprint density at radius 2 is 2.05 bits per heavy atom. The van der Waals surface area contributed by atoms with Crippen LogP contribution in [0.15, 0.2) is 6.07 Å². The maximum absolute atomic E-state index is 5.75. The van der Waals surface area contributed by atoms with Crippen LogP contribution in [0.2, 0.25) is 0 Å². The normalized spacial score (nSPS) is 22.6. The topological polar surface area (TPSA) is 59.1 Å². The molecule has 2 aliphatic rings. The molecule has 5 heteroatoms. The highest BCUT2D eigenvalue weighted by molar-refractivity contribution is 5.47. The van der Waals surface area contributed by atoms with Crippen molar-refractivity contribution in [1.82, 2.24) is 9.97 Å². The molecule has 1 unspecified atom stereocenters. The summed E-state index contributed by atoms with van der Waals surface area (Å²) in [7, 11) is 1.90. The van der Waals surface area contributed by atoms with E-state index in [-0.39, 0.29) is 0 Å². The van der Waals surface area contributed by atoms with Gasteiger partial charge in [-0.25, -0.2) is 9.97 Å². The van der Waals surface area contributed by atoms with Gasteiger partial charge >= 0.3 is 0 Å². The molecule has 2 heterocycles. The van der Waals surface area contributed by atoms with Gasteiger partial charge in [0, 0.05) is 32.2 Å². The van der Waals surface area contributed by atoms with Crippen LogP contribution in [0.25, 0.3) is 0 Å². The molecule has 5 nitrogen and oxygen atoms in total. The molecule has 0 amide bonds. The van der Waals surface area contributed by atoms with E-state index < -0.39 is 0 Å². The van der Waals surface area contributed by atoms with Crippen LogP contribution in [0.5, 0.6) is 0 Å². The average Bonchev–Trinajstić information content (AvgIpc) is 3.33. The summed E-state index contributed by atoms with van der Waals surface area (Å²) in [5.74, 6) is 3.39. The Labute approximate surface area is 120 Å². The number of hydrogen-bond acceptors (Lipinski definition) is 5. The van der Waals surface area contributed by atoms with E-state index in [9.17, 15) is 0 Å². The summed E-state index contributed by atoms with van der Waals surface area (Å²) in [6.07, 6.45) is 7.63. The van der Waals surface area contributed by atoms with Crippen molar-refractivity contribution in [3.63, 3.8) is 0 Å². The first kappa shape index (κ1) is 13.6. The van der Waals surface area contributed by atoms with E-state index in [0.29, 0.717) is 12.0 Å². The van der Waals surface area contributed by atoms with Crippen LogP contribution in [-0.4, -0.2) is 36.3 Å². The summed E-state index contributed by atoms with van der Waals surface area (Å²) < 4.78 is 5.75. The summed E-state index contributed by atoms with van der Waals surface area (Å²) in [5.41, 5.74) is 0. The Morgan fingerprint density at radius 1 is 1.20 bits per heavy atom. The van der Waals surface area contributed by atoms with Gasteiger partial charge in [-0.05, 0) is 38.5 Å². The Hall–Kier alpha value is -1.36. The van der Waals surface area contributed by atoms with Crippen molar-refractivity contribution in [2.24, 2.45) is 0 Å². The first-order chi connectivity index (χ1) is 9.85. The van der Waals surface area contributed by atoms with Crippen LogP contribution in [0.4, 0.5) is 11.6 Å². The van der Waals surface area contributed by atoms with Crippen LogP contribution in [-0.2, 0) is 4.74 Å². The van der Waals surface area contributed by atoms with E-state index in [4.69, 9.17) is 4.74 Å². The standard InChI is InChI=1S/C15H24N4O/c1-16-13-10-14(19-15(18-13)11-5-6-11)17-8-7-12-4-2-3-9-20-12/h10-12H,2-9H2,1H3,(H2,16,17,18,19). The number of hydrogen-bond donors (Lipinski definition) is 2. The molecule has 0 bridgehead atoms. The van der Waals surface area contributed by atoms with Crippen molar-refractivity contribution in [2.75, 3.05) is 30.8 Å². The molecule has 110 valence electrons. The van der Waals surface area contributed by atoms with Crippen molar-refractivity contribution in [1.29, 1.82) is 0 Å². The quantitative estimate of drug-likeness (QED) is 0.836. The zero-order valence-corrected chi connectivity index (χ0v) is 12.2. The van der Waals surface area contributed by atoms with Gasteiger partial charge in [0.05, 0.1) is 6.10 Å². The number of aromatic nitrogens is 2. The third kappa shape index (κ3) is 3.60. The molecular weight excluding hydrogens is 252 g/mol. The average molecular weight is 276 g/mol. The van der Waals surface area contributed by atoms with Crippen molar-refractivity contribution in [3.05, 3.63) is 11.9 Å². The van der Waals surface area contributed by atoms with Gasteiger partial charge in [-0.1, -0.05) is 0 Å². The summed E-state index contributed by atoms with van der Waals surface area (Å²) in [6.45, 7) is 1.84. The molecule has 3 rings (SSSR count). The minimum absolute atomic E-state index is 0.421. The lowest BCUT2D eigenvalue weighted by atomic mass is 10.1. The molecule has 1 aliphatic heterocycles. The summed E-state index contributed by atoms with van der Waals surface area (Å²) in [6, 6.07) is 1.98. The fourth-order valence-corrected chi connectivity index (χ4v) is 2.60. The third-order valence-corrected chi connectivity index (χ3v) is 3.99. The lowest BCUT2D eigenvalue weighted by Gasteiger charge is -2.22. The van der Waals surface area contributed by atoms with Gasteiger partial charge in [0.1, 0.15) is 17.5 Å². The zero-order valence-electron chi connectivity index (χ0n) is 12.2. The summed E-state index contributed by atoms with van der Waals surface area (Å²) in [5, 5.41) is 6.53. The van der Waals surface area contributed by atoms with Gasteiger partial charge in [0.15, 0.2) is 0 Å². The molecule has 1 aromatic rings. The number of ether oxygens (including phenoxy) is 1. The van der Waals surface area contributed by atoms with Crippen LogP contribution in [0.1, 0.15) is 50.3 Å². The highest BCUT2D eigenvalue weighted by Crippen LogP contribution is 2.38. The molecule has 1 aromatic heterocycles. The molecule has 2 N–H and O–H groups in total. The first-order valence-corrected chi connectivity index (χ1v) is 7.77. The molecule has 1 saturated heterocycles. The summed E-state index contributed by atoms with van der Waals surface area (Å²) >= 11 is 0. The van der Waals surface area contributed by atoms with Crippen LogP contribution < -0.4 is 10.6 Å². The lowest BCUT2D eigenvalue weighted by Crippen LogP contribution is -2.22. The summed E-state index contributed by atoms with van der Waals surface area (Å²) in [4.78, 5) is 9.15. The second-order valence-corrected chi connectivity index (χ2v) is 5.72. The molecule has 0 aromatic carbocycles. The smallest absolute Gasteiger partial charge is 0.136 e. The Morgan fingerprint density at radius 3 is 2.75 bits per heavy atom. The molecule has 20 heavy (non-hydrogen) atoms. The van der Waals surface area contributed by atoms with Crippen molar-refractivity contribution < 1.29 is 4.74 Å². The van der Waals surface area contributed by atoms with Crippen molar-refractivity contribution >= 4 is 11.6 Å². The van der Waals surface area contributed by atoms with Crippen molar-refractivity contribution in [2.45, 2.75) is 50.5 Å². The number of anilines is 2. The minimum Gasteiger partial charge on any atom is -0.378 e. The first-order valence-electron chi connectivity index (χ1n) is 7.77. The molecular formula is C15H24N4O. The second kappa shape index (κ2) is 6.39. The van der Waals surface area contributed by atoms with Gasteiger partial charge < -0.3 is 15.4 Å². The largest absolute Gasteiger partial charge is 0.378 e. The van der Waals surface area contributed by atoms with Gasteiger partial charge in [0.2, 0.25) is 0 Å². The van der Waals surface area contributed by atoms with Crippen LogP contribution in [0.3, 0.4) is 0 Å². The van der Waals surface area contributed by atoms with Gasteiger partial charge in [-0.3, -0.25) is 0 Å². The Balaban J connectivity index is 1.54. The maximum atomic E-state index is 5.75. The molecule has 1 atom stereocenters. The van der Waals surface area contributed by atoms with Gasteiger partial charge in [-0.2, -0.15) is 0 Å². The zero-order chi connectivity index (χ0) is 13.8. The molecule has 1 aliphatic carbocycles. The maximum Gasteiger partial charge on any atom is 0.136 e. The van der Waals surface area contributed by atoms with E-state index in [0.717, 1.165) is 37.0 Å². The van der Waals surface area contributed by atoms with Crippen molar-refractivity contribution in [3.8, 4) is 0 Å². The molecule has 2 fully saturated rings. The minimum atomic E-state index is 0.421. The predicted molar refractivity (Wildman–Crippen MR) is 80.3 cm³/mol. The fourth-order valence-electron chi connectivity index (χ4n) is 2.60. The second-order valence-electron chi connectivity index (χ2n) is 5.72. The van der Waals surface area contributed by atoms with Gasteiger partial charge in [0.25, 0.3) is 0 Å². The Bertz CT molecular complexity index is 441. The Kier molecular flexibility index (Phi) is 4.35. The fraction of sp³-hybridized carbons (Fsp3) is 0.733. The van der Waals surface area contributed by atoms with E-state index in [1.807, 2.05) is 13.1 Å². The number of nitrogens with zero attached hydrogens (tertiary/aromatic N) is 2. The molecule has 1 saturated carbocycles. The van der Waals surface area contributed by atoms with E-state index >= 15 is 0 Å². The van der Waals surface area contributed by atoms with Crippen LogP contribution in [0, 0.1) is 0 Å². The molecule has 0 radical (unpaired) electrons. The third-order valence-electron chi connectivity index (χ3n) is 3.99. The van der Waals surface area contributed by atoms with Gasteiger partial charge in [-0.15, -0.1) is 0 Å². The van der Waals surface area contributed by atoms with E-state index in [1.165, 1.54) is 32.1 Å². The number of nitrogens with one attached hydrogen (secondary N) is 2. The SMILES string of the molecule is CNc1cc(NCCC2CCCCO2)nc(C2CC2)n1. The van der Waals surface area contributed by atoms with E-state index in [2.05, 4.69) is 20.6 Å².